The molecule has 0 heterocycles. The van der Waals surface area contributed by atoms with Gasteiger partial charge in [0.05, 0.1) is 18.6 Å². The Bertz CT molecular complexity index is 1420. The van der Waals surface area contributed by atoms with Gasteiger partial charge in [-0.05, 0) is 59.4 Å². The number of benzene rings is 3. The molecule has 3 aromatic rings. The summed E-state index contributed by atoms with van der Waals surface area (Å²) in [5.74, 6) is -0.303. The lowest BCUT2D eigenvalue weighted by Crippen LogP contribution is -2.48. The van der Waals surface area contributed by atoms with Crippen molar-refractivity contribution < 1.29 is 27.9 Å². The minimum Gasteiger partial charge on any atom is -0.453 e. The molecule has 5 N–H and O–H groups in total. The van der Waals surface area contributed by atoms with Crippen LogP contribution in [-0.2, 0) is 26.0 Å². The number of hydrogen-bond donors (Lipinski definition) is 4. The maximum absolute atomic E-state index is 13.4. The number of nitrogen functional groups attached to an aromatic ring is 1. The number of alkyl carbamates (subject to hydrolysis) is 1. The molecule has 2 amide bonds. The number of amides is 2. The van der Waals surface area contributed by atoms with Crippen LogP contribution in [0.25, 0.3) is 10.8 Å². The smallest absolute Gasteiger partial charge is 0.407 e. The Balaban J connectivity index is 1.61. The highest BCUT2D eigenvalue weighted by molar-refractivity contribution is 7.89. The van der Waals surface area contributed by atoms with Gasteiger partial charge in [0, 0.05) is 31.2 Å². The summed E-state index contributed by atoms with van der Waals surface area (Å²) < 4.78 is 33.0. The third-order valence-corrected chi connectivity index (χ3v) is 8.94. The van der Waals surface area contributed by atoms with E-state index in [1.807, 2.05) is 56.3 Å². The van der Waals surface area contributed by atoms with Crippen molar-refractivity contribution in [3.8, 4) is 0 Å². The first-order valence-electron chi connectivity index (χ1n) is 14.1. The second-order valence-corrected chi connectivity index (χ2v) is 12.6. The molecule has 228 valence electrons. The van der Waals surface area contributed by atoms with Gasteiger partial charge in [-0.15, -0.1) is 0 Å². The van der Waals surface area contributed by atoms with Gasteiger partial charge in [0.15, 0.2) is 0 Å². The van der Waals surface area contributed by atoms with E-state index in [0.29, 0.717) is 31.5 Å². The van der Waals surface area contributed by atoms with Gasteiger partial charge in [0.2, 0.25) is 15.9 Å². The van der Waals surface area contributed by atoms with Crippen LogP contribution >= 0.6 is 0 Å². The second-order valence-electron chi connectivity index (χ2n) is 10.7. The SMILES string of the molecule is COC(=O)NC(Cc1cccc2ccccc12)C(=O)NCCCCC(CO)N(CC(C)C)S(=O)(=O)c1ccc(N)cc1. The summed E-state index contributed by atoms with van der Waals surface area (Å²) in [6, 6.07) is 18.2. The van der Waals surface area contributed by atoms with Crippen molar-refractivity contribution >= 4 is 38.5 Å². The van der Waals surface area contributed by atoms with Crippen molar-refractivity contribution in [3.63, 3.8) is 0 Å². The molecule has 42 heavy (non-hydrogen) atoms. The fraction of sp³-hybridized carbons (Fsp3) is 0.419. The van der Waals surface area contributed by atoms with Gasteiger partial charge in [-0.3, -0.25) is 4.79 Å². The van der Waals surface area contributed by atoms with E-state index in [1.165, 1.54) is 23.5 Å². The fourth-order valence-corrected chi connectivity index (χ4v) is 6.66. The number of rotatable bonds is 15. The van der Waals surface area contributed by atoms with Crippen molar-refractivity contribution in [2.45, 2.75) is 56.5 Å². The number of fused-ring (bicyclic) bond motifs is 1. The number of nitrogens with two attached hydrogens (primary N) is 1. The summed E-state index contributed by atoms with van der Waals surface area (Å²) in [7, 11) is -2.61. The van der Waals surface area contributed by atoms with E-state index in [9.17, 15) is 23.1 Å². The van der Waals surface area contributed by atoms with Crippen molar-refractivity contribution in [2.75, 3.05) is 32.5 Å². The van der Waals surface area contributed by atoms with Gasteiger partial charge >= 0.3 is 6.09 Å². The number of unbranched alkanes of at least 4 members (excludes halogenated alkanes) is 1. The predicted octanol–water partition coefficient (Wildman–Crippen LogP) is 3.68. The summed E-state index contributed by atoms with van der Waals surface area (Å²) in [5.41, 5.74) is 7.12. The summed E-state index contributed by atoms with van der Waals surface area (Å²) in [6.07, 6.45) is 1.11. The molecule has 0 spiro atoms. The van der Waals surface area contributed by atoms with Crippen LogP contribution in [0.2, 0.25) is 0 Å². The van der Waals surface area contributed by atoms with E-state index >= 15 is 0 Å². The Hall–Kier alpha value is -3.67. The van der Waals surface area contributed by atoms with Crippen LogP contribution < -0.4 is 16.4 Å². The Morgan fingerprint density at radius 3 is 2.36 bits per heavy atom. The second kappa shape index (κ2) is 15.5. The topological polar surface area (TPSA) is 151 Å². The number of aliphatic hydroxyl groups excluding tert-OH is 1. The highest BCUT2D eigenvalue weighted by Crippen LogP contribution is 2.24. The first-order valence-corrected chi connectivity index (χ1v) is 15.6. The third-order valence-electron chi connectivity index (χ3n) is 7.01. The number of aliphatic hydroxyl groups is 1. The normalized spacial score (nSPS) is 13.2. The minimum absolute atomic E-state index is 0.0443. The molecule has 0 aliphatic rings. The molecular formula is C31H42N4O6S. The van der Waals surface area contributed by atoms with E-state index in [0.717, 1.165) is 16.3 Å². The standard InChI is InChI=1S/C31H42N4O6S/c1-22(2)20-35(42(39,40)27-16-14-25(32)15-17-27)26(21-36)12-6-7-18-33-30(37)29(34-31(38)41-3)19-24-11-8-10-23-9-4-5-13-28(23)24/h4-5,8-11,13-17,22,26,29,36H,6-7,12,18-21,32H2,1-3H3,(H,33,37)(H,34,38). The van der Waals surface area contributed by atoms with Crippen molar-refractivity contribution in [1.82, 2.24) is 14.9 Å². The number of hydrogen-bond acceptors (Lipinski definition) is 7. The monoisotopic (exact) mass is 598 g/mol. The maximum Gasteiger partial charge on any atom is 0.407 e. The van der Waals surface area contributed by atoms with Gasteiger partial charge < -0.3 is 26.2 Å². The molecule has 2 atom stereocenters. The molecule has 10 nitrogen and oxygen atoms in total. The Morgan fingerprint density at radius 1 is 1.00 bits per heavy atom. The highest BCUT2D eigenvalue weighted by atomic mass is 32.2. The van der Waals surface area contributed by atoms with Crippen LogP contribution in [0.4, 0.5) is 10.5 Å². The summed E-state index contributed by atoms with van der Waals surface area (Å²) in [6.45, 7) is 4.09. The van der Waals surface area contributed by atoms with E-state index in [2.05, 4.69) is 10.6 Å². The molecule has 0 aliphatic heterocycles. The maximum atomic E-state index is 13.4. The summed E-state index contributed by atoms with van der Waals surface area (Å²) in [4.78, 5) is 25.2. The van der Waals surface area contributed by atoms with Crippen LogP contribution in [0, 0.1) is 5.92 Å². The zero-order valence-corrected chi connectivity index (χ0v) is 25.3. The van der Waals surface area contributed by atoms with Crippen molar-refractivity contribution in [3.05, 3.63) is 72.3 Å². The number of nitrogens with one attached hydrogen (secondary N) is 2. The first kappa shape index (κ1) is 32.8. The Morgan fingerprint density at radius 2 is 1.69 bits per heavy atom. The van der Waals surface area contributed by atoms with E-state index in [1.54, 1.807) is 12.1 Å². The molecule has 0 aromatic heterocycles. The van der Waals surface area contributed by atoms with Gasteiger partial charge in [0.25, 0.3) is 0 Å². The average Bonchev–Trinajstić information content (AvgIpc) is 2.97. The number of methoxy groups -OCH3 is 1. The zero-order chi connectivity index (χ0) is 30.7. The third kappa shape index (κ3) is 8.91. The molecule has 3 rings (SSSR count). The van der Waals surface area contributed by atoms with Crippen LogP contribution in [0.15, 0.2) is 71.6 Å². The van der Waals surface area contributed by atoms with Crippen LogP contribution in [0.5, 0.6) is 0 Å². The lowest BCUT2D eigenvalue weighted by molar-refractivity contribution is -0.123. The minimum atomic E-state index is -3.86. The zero-order valence-electron chi connectivity index (χ0n) is 24.5. The van der Waals surface area contributed by atoms with E-state index < -0.39 is 28.2 Å². The average molecular weight is 599 g/mol. The molecule has 0 bridgehead atoms. The van der Waals surface area contributed by atoms with E-state index in [-0.39, 0.29) is 36.3 Å². The van der Waals surface area contributed by atoms with Crippen LogP contribution in [0.1, 0.15) is 38.7 Å². The van der Waals surface area contributed by atoms with Gasteiger partial charge in [0.1, 0.15) is 6.04 Å². The summed E-state index contributed by atoms with van der Waals surface area (Å²) >= 11 is 0. The first-order chi connectivity index (χ1) is 20.1. The molecule has 0 saturated heterocycles. The number of sulfonamides is 1. The lowest BCUT2D eigenvalue weighted by Gasteiger charge is -2.31. The lowest BCUT2D eigenvalue weighted by atomic mass is 9.98. The number of anilines is 1. The molecule has 0 radical (unpaired) electrons. The molecule has 0 aliphatic carbocycles. The van der Waals surface area contributed by atoms with Crippen LogP contribution in [0.3, 0.4) is 0 Å². The van der Waals surface area contributed by atoms with Crippen LogP contribution in [-0.4, -0.2) is 68.7 Å². The van der Waals surface area contributed by atoms with Crippen molar-refractivity contribution in [2.24, 2.45) is 5.92 Å². The van der Waals surface area contributed by atoms with Gasteiger partial charge in [-0.2, -0.15) is 4.31 Å². The summed E-state index contributed by atoms with van der Waals surface area (Å²) in [5, 5.41) is 17.7. The quantitative estimate of drug-likeness (QED) is 0.154. The Kier molecular flexibility index (Phi) is 12.1. The number of carbonyl (C=O) groups excluding carboxylic acids is 2. The fourth-order valence-electron chi connectivity index (χ4n) is 4.85. The molecule has 0 fully saturated rings. The largest absolute Gasteiger partial charge is 0.453 e. The van der Waals surface area contributed by atoms with Gasteiger partial charge in [-0.1, -0.05) is 62.7 Å². The molecule has 0 saturated carbocycles. The number of ether oxygens (including phenoxy) is 1. The predicted molar refractivity (Wildman–Crippen MR) is 164 cm³/mol. The molecular weight excluding hydrogens is 556 g/mol. The van der Waals surface area contributed by atoms with E-state index in [4.69, 9.17) is 10.5 Å². The number of nitrogens with zero attached hydrogens (tertiary/aromatic N) is 1. The molecule has 2 unspecified atom stereocenters. The molecule has 3 aromatic carbocycles. The Labute approximate surface area is 248 Å². The highest BCUT2D eigenvalue weighted by Gasteiger charge is 2.31. The van der Waals surface area contributed by atoms with Gasteiger partial charge in [-0.25, -0.2) is 13.2 Å². The number of carbonyl (C=O) groups is 2. The van der Waals surface area contributed by atoms with Crippen molar-refractivity contribution in [1.29, 1.82) is 0 Å². The molecule has 11 heteroatoms.